The molecule has 0 saturated carbocycles. The van der Waals surface area contributed by atoms with E-state index < -0.39 is 23.3 Å². The van der Waals surface area contributed by atoms with Gasteiger partial charge < -0.3 is 15.8 Å². The second-order valence-corrected chi connectivity index (χ2v) is 6.99. The van der Waals surface area contributed by atoms with Gasteiger partial charge in [0.2, 0.25) is 5.91 Å². The van der Waals surface area contributed by atoms with Crippen LogP contribution >= 0.6 is 0 Å². The average molecular weight is 374 g/mol. The van der Waals surface area contributed by atoms with Gasteiger partial charge in [0.15, 0.2) is 0 Å². The minimum Gasteiger partial charge on any atom is -0.462 e. The molecule has 1 heterocycles. The minimum absolute atomic E-state index is 0.119. The normalized spacial score (nSPS) is 13.4. The number of carbonyl (C=O) groups excluding carboxylic acids is 3. The van der Waals surface area contributed by atoms with Crippen LogP contribution < -0.4 is 11.1 Å². The molecule has 27 heavy (non-hydrogen) atoms. The van der Waals surface area contributed by atoms with Crippen molar-refractivity contribution in [1.82, 2.24) is 15.1 Å². The van der Waals surface area contributed by atoms with Crippen LogP contribution in [0.5, 0.6) is 0 Å². The Morgan fingerprint density at radius 2 is 1.96 bits per heavy atom. The zero-order valence-electron chi connectivity index (χ0n) is 16.5. The van der Waals surface area contributed by atoms with E-state index in [2.05, 4.69) is 10.4 Å². The Kier molecular flexibility index (Phi) is 5.58. The number of amides is 2. The van der Waals surface area contributed by atoms with Crippen molar-refractivity contribution < 1.29 is 19.1 Å². The van der Waals surface area contributed by atoms with Gasteiger partial charge in [-0.3, -0.25) is 14.3 Å². The first-order valence-electron chi connectivity index (χ1n) is 8.80. The highest BCUT2D eigenvalue weighted by Gasteiger charge is 2.38. The third kappa shape index (κ3) is 3.51. The molecule has 0 aliphatic heterocycles. The fourth-order valence-corrected chi connectivity index (χ4v) is 2.96. The van der Waals surface area contributed by atoms with E-state index in [1.54, 1.807) is 52.4 Å². The van der Waals surface area contributed by atoms with Crippen molar-refractivity contribution in [1.29, 1.82) is 0 Å². The van der Waals surface area contributed by atoms with Gasteiger partial charge in [-0.1, -0.05) is 13.8 Å². The number of hydrogen-bond donors (Lipinski definition) is 2. The number of esters is 1. The van der Waals surface area contributed by atoms with Crippen molar-refractivity contribution >= 4 is 28.7 Å². The summed E-state index contributed by atoms with van der Waals surface area (Å²) in [6, 6.07) is 3.25. The zero-order valence-corrected chi connectivity index (χ0v) is 16.5. The van der Waals surface area contributed by atoms with E-state index >= 15 is 0 Å². The molecule has 1 unspecified atom stereocenters. The first-order valence-corrected chi connectivity index (χ1v) is 8.80. The number of nitrogens with two attached hydrogens (primary N) is 1. The fourth-order valence-electron chi connectivity index (χ4n) is 2.96. The molecule has 1 aromatic heterocycles. The summed E-state index contributed by atoms with van der Waals surface area (Å²) < 4.78 is 6.73. The van der Waals surface area contributed by atoms with Gasteiger partial charge in [-0.05, 0) is 38.8 Å². The van der Waals surface area contributed by atoms with Crippen LogP contribution in [0.3, 0.4) is 0 Å². The molecule has 1 aromatic carbocycles. The van der Waals surface area contributed by atoms with E-state index in [1.165, 1.54) is 6.07 Å². The predicted octanol–water partition coefficient (Wildman–Crippen LogP) is 1.69. The maximum atomic E-state index is 13.2. The van der Waals surface area contributed by atoms with Crippen LogP contribution in [0.1, 0.15) is 54.1 Å². The van der Waals surface area contributed by atoms with Gasteiger partial charge in [0.25, 0.3) is 5.91 Å². The molecular weight excluding hydrogens is 348 g/mol. The molecule has 1 atom stereocenters. The summed E-state index contributed by atoms with van der Waals surface area (Å²) in [6.07, 6.45) is 0. The number of primary amides is 1. The number of nitrogens with one attached hydrogen (secondary N) is 1. The van der Waals surface area contributed by atoms with E-state index in [4.69, 9.17) is 10.5 Å². The summed E-state index contributed by atoms with van der Waals surface area (Å²) in [5.41, 5.74) is 5.78. The highest BCUT2D eigenvalue weighted by atomic mass is 16.5. The van der Waals surface area contributed by atoms with E-state index in [1.807, 2.05) is 0 Å². The molecule has 8 heteroatoms. The number of rotatable bonds is 6. The first kappa shape index (κ1) is 20.4. The van der Waals surface area contributed by atoms with Crippen LogP contribution in [0.2, 0.25) is 0 Å². The van der Waals surface area contributed by atoms with Crippen LogP contribution in [-0.4, -0.2) is 39.7 Å². The maximum Gasteiger partial charge on any atom is 0.338 e. The van der Waals surface area contributed by atoms with Crippen molar-refractivity contribution in [2.24, 2.45) is 18.7 Å². The van der Waals surface area contributed by atoms with Gasteiger partial charge in [0, 0.05) is 12.4 Å². The van der Waals surface area contributed by atoms with Gasteiger partial charge in [-0.25, -0.2) is 4.79 Å². The quantitative estimate of drug-likeness (QED) is 0.746. The van der Waals surface area contributed by atoms with Crippen molar-refractivity contribution in [2.45, 2.75) is 40.2 Å². The minimum atomic E-state index is -1.28. The molecule has 0 aliphatic carbocycles. The van der Waals surface area contributed by atoms with Crippen LogP contribution in [0, 0.1) is 12.8 Å². The van der Waals surface area contributed by atoms with Gasteiger partial charge in [-0.2, -0.15) is 5.10 Å². The molecule has 0 aliphatic rings. The number of fused-ring (bicyclic) bond motifs is 1. The van der Waals surface area contributed by atoms with E-state index in [-0.39, 0.29) is 23.7 Å². The lowest BCUT2D eigenvalue weighted by molar-refractivity contribution is -0.125. The zero-order chi connectivity index (χ0) is 20.5. The molecule has 0 fully saturated rings. The Balaban J connectivity index is 2.70. The molecule has 8 nitrogen and oxygen atoms in total. The Hall–Kier alpha value is -2.90. The van der Waals surface area contributed by atoms with Crippen LogP contribution in [0.25, 0.3) is 10.9 Å². The highest BCUT2D eigenvalue weighted by molar-refractivity contribution is 6.15. The number of benzene rings is 1. The Bertz CT molecular complexity index is 916. The first-order chi connectivity index (χ1) is 12.5. The SMILES string of the molecule is CCOC(=O)c1ccc2c(c(C)nn2C)c1C(=O)NC(C)(C(N)=O)C(C)C. The molecule has 0 saturated heterocycles. The Morgan fingerprint density at radius 1 is 1.33 bits per heavy atom. The highest BCUT2D eigenvalue weighted by Crippen LogP contribution is 2.27. The van der Waals surface area contributed by atoms with Gasteiger partial charge in [-0.15, -0.1) is 0 Å². The average Bonchev–Trinajstić information content (AvgIpc) is 2.88. The number of hydrogen-bond acceptors (Lipinski definition) is 5. The number of aromatic nitrogens is 2. The Labute approximate surface area is 158 Å². The summed E-state index contributed by atoms with van der Waals surface area (Å²) in [5.74, 6) is -2.09. The standard InChI is InChI=1S/C19H26N4O4/c1-7-27-17(25)12-8-9-13-14(11(4)22-23(13)6)15(12)16(24)21-19(5,10(2)3)18(20)26/h8-10H,7H2,1-6H3,(H2,20,26)(H,21,24). The number of nitrogens with zero attached hydrogens (tertiary/aromatic N) is 2. The third-order valence-corrected chi connectivity index (χ3v) is 4.96. The van der Waals surface area contributed by atoms with Crippen LogP contribution in [0.4, 0.5) is 0 Å². The van der Waals surface area contributed by atoms with Crippen LogP contribution in [0.15, 0.2) is 12.1 Å². The number of ether oxygens (including phenoxy) is 1. The molecule has 0 radical (unpaired) electrons. The lowest BCUT2D eigenvalue weighted by atomic mass is 9.87. The maximum absolute atomic E-state index is 13.2. The van der Waals surface area contributed by atoms with Crippen molar-refractivity contribution in [2.75, 3.05) is 6.61 Å². The molecular formula is C19H26N4O4. The summed E-state index contributed by atoms with van der Waals surface area (Å²) in [6.45, 7) is 8.76. The summed E-state index contributed by atoms with van der Waals surface area (Å²) in [4.78, 5) is 37.6. The largest absolute Gasteiger partial charge is 0.462 e. The van der Waals surface area contributed by atoms with Gasteiger partial charge in [0.05, 0.1) is 28.9 Å². The molecule has 2 amide bonds. The molecule has 0 spiro atoms. The van der Waals surface area contributed by atoms with E-state index in [0.717, 1.165) is 0 Å². The second kappa shape index (κ2) is 7.38. The summed E-state index contributed by atoms with van der Waals surface area (Å²) in [5, 5.41) is 7.59. The fraction of sp³-hybridized carbons (Fsp3) is 0.474. The smallest absolute Gasteiger partial charge is 0.338 e. The summed E-state index contributed by atoms with van der Waals surface area (Å²) in [7, 11) is 1.75. The molecule has 146 valence electrons. The lowest BCUT2D eigenvalue weighted by Gasteiger charge is -2.31. The van der Waals surface area contributed by atoms with Crippen molar-refractivity contribution in [3.05, 3.63) is 29.0 Å². The predicted molar refractivity (Wildman–Crippen MR) is 101 cm³/mol. The third-order valence-electron chi connectivity index (χ3n) is 4.96. The van der Waals surface area contributed by atoms with Gasteiger partial charge in [0.1, 0.15) is 5.54 Å². The van der Waals surface area contributed by atoms with E-state index in [9.17, 15) is 14.4 Å². The van der Waals surface area contributed by atoms with Crippen molar-refractivity contribution in [3.8, 4) is 0 Å². The number of carbonyl (C=O) groups is 3. The van der Waals surface area contributed by atoms with Gasteiger partial charge >= 0.3 is 5.97 Å². The number of aryl methyl sites for hydroxylation is 2. The summed E-state index contributed by atoms with van der Waals surface area (Å²) >= 11 is 0. The lowest BCUT2D eigenvalue weighted by Crippen LogP contribution is -2.58. The van der Waals surface area contributed by atoms with E-state index in [0.29, 0.717) is 16.6 Å². The molecule has 2 rings (SSSR count). The second-order valence-electron chi connectivity index (χ2n) is 6.99. The topological polar surface area (TPSA) is 116 Å². The molecule has 0 bridgehead atoms. The Morgan fingerprint density at radius 3 is 2.48 bits per heavy atom. The van der Waals surface area contributed by atoms with Crippen molar-refractivity contribution in [3.63, 3.8) is 0 Å². The van der Waals surface area contributed by atoms with Crippen LogP contribution in [-0.2, 0) is 16.6 Å². The monoisotopic (exact) mass is 374 g/mol. The molecule has 3 N–H and O–H groups in total. The molecule has 2 aromatic rings.